The summed E-state index contributed by atoms with van der Waals surface area (Å²) in [6, 6.07) is 8.36. The minimum Gasteiger partial charge on any atom is -0.395 e. The molecule has 1 aliphatic rings. The van der Waals surface area contributed by atoms with Crippen molar-refractivity contribution in [2.75, 3.05) is 39.3 Å². The number of aliphatic hydroxyl groups is 1. The molecule has 1 N–H and O–H groups in total. The van der Waals surface area contributed by atoms with Gasteiger partial charge in [-0.1, -0.05) is 37.0 Å². The van der Waals surface area contributed by atoms with Crippen LogP contribution in [-0.2, 0) is 6.54 Å². The Morgan fingerprint density at radius 1 is 1.10 bits per heavy atom. The summed E-state index contributed by atoms with van der Waals surface area (Å²) in [4.78, 5) is 5.06. The van der Waals surface area contributed by atoms with E-state index in [-0.39, 0.29) is 6.61 Å². The highest BCUT2D eigenvalue weighted by Gasteiger charge is 2.16. The predicted molar refractivity (Wildman–Crippen MR) is 87.0 cm³/mol. The topological polar surface area (TPSA) is 26.7 Å². The second kappa shape index (κ2) is 8.84. The highest BCUT2D eigenvalue weighted by atomic mass is 16.2. The van der Waals surface area contributed by atoms with E-state index in [4.69, 9.17) is 5.11 Å². The molecule has 21 heavy (non-hydrogen) atoms. The van der Waals surface area contributed by atoms with Crippen molar-refractivity contribution < 1.29 is 5.11 Å². The van der Waals surface area contributed by atoms with Crippen molar-refractivity contribution in [2.45, 2.75) is 26.3 Å². The largest absolute Gasteiger partial charge is 0.395 e. The van der Waals surface area contributed by atoms with Crippen molar-refractivity contribution in [3.8, 4) is 11.8 Å². The van der Waals surface area contributed by atoms with Crippen molar-refractivity contribution in [3.05, 3.63) is 35.4 Å². The van der Waals surface area contributed by atoms with Crippen molar-refractivity contribution in [2.24, 2.45) is 0 Å². The van der Waals surface area contributed by atoms with E-state index >= 15 is 0 Å². The molecule has 114 valence electrons. The van der Waals surface area contributed by atoms with E-state index in [1.807, 2.05) is 6.07 Å². The monoisotopic (exact) mass is 286 g/mol. The molecular formula is C18H26N2O. The Hall–Kier alpha value is -1.34. The molecule has 1 heterocycles. The third-order valence-corrected chi connectivity index (χ3v) is 3.88. The molecule has 0 aliphatic carbocycles. The fourth-order valence-corrected chi connectivity index (χ4v) is 2.72. The highest BCUT2D eigenvalue weighted by molar-refractivity contribution is 5.41. The molecule has 2 rings (SSSR count). The van der Waals surface area contributed by atoms with Gasteiger partial charge in [-0.3, -0.25) is 4.90 Å². The summed E-state index contributed by atoms with van der Waals surface area (Å²) in [5, 5.41) is 8.83. The van der Waals surface area contributed by atoms with Crippen molar-refractivity contribution in [1.82, 2.24) is 9.80 Å². The molecule has 0 saturated carbocycles. The van der Waals surface area contributed by atoms with E-state index in [2.05, 4.69) is 46.8 Å². The third-order valence-electron chi connectivity index (χ3n) is 3.88. The molecule has 0 radical (unpaired) electrons. The van der Waals surface area contributed by atoms with Gasteiger partial charge in [-0.25, -0.2) is 0 Å². The average Bonchev–Trinajstić information content (AvgIpc) is 2.51. The van der Waals surface area contributed by atoms with Gasteiger partial charge in [-0.05, 0) is 24.6 Å². The van der Waals surface area contributed by atoms with Crippen LogP contribution in [0, 0.1) is 11.8 Å². The molecule has 0 bridgehead atoms. The van der Waals surface area contributed by atoms with Crippen molar-refractivity contribution in [3.63, 3.8) is 0 Å². The Bertz CT molecular complexity index is 481. The average molecular weight is 286 g/mol. The van der Waals surface area contributed by atoms with Crippen molar-refractivity contribution >= 4 is 0 Å². The lowest BCUT2D eigenvalue weighted by molar-refractivity contribution is 0.127. The second-order valence-corrected chi connectivity index (χ2v) is 5.55. The normalized spacial score (nSPS) is 16.5. The van der Waals surface area contributed by atoms with Gasteiger partial charge in [0.25, 0.3) is 0 Å². The summed E-state index contributed by atoms with van der Waals surface area (Å²) in [7, 11) is 0. The number of aliphatic hydroxyl groups excluding tert-OH is 1. The lowest BCUT2D eigenvalue weighted by atomic mass is 10.1. The molecule has 1 saturated heterocycles. The number of nitrogens with zero attached hydrogens (tertiary/aromatic N) is 2. The van der Waals surface area contributed by atoms with E-state index in [0.29, 0.717) is 6.42 Å². The molecule has 0 spiro atoms. The SMILES string of the molecule is CCCN1CCN(Cc2ccccc2C#CCCO)CC1. The quantitative estimate of drug-likeness (QED) is 0.838. The van der Waals surface area contributed by atoms with E-state index in [1.54, 1.807) is 0 Å². The van der Waals surface area contributed by atoms with Crippen molar-refractivity contribution in [1.29, 1.82) is 0 Å². The lowest BCUT2D eigenvalue weighted by Gasteiger charge is -2.34. The zero-order chi connectivity index (χ0) is 14.9. The van der Waals surface area contributed by atoms with E-state index in [1.165, 1.54) is 31.6 Å². The van der Waals surface area contributed by atoms with Gasteiger partial charge in [0, 0.05) is 44.7 Å². The summed E-state index contributed by atoms with van der Waals surface area (Å²) < 4.78 is 0. The number of rotatable bonds is 5. The van der Waals surface area contributed by atoms with Crippen LogP contribution in [0.15, 0.2) is 24.3 Å². The van der Waals surface area contributed by atoms with Gasteiger partial charge in [0.2, 0.25) is 0 Å². The van der Waals surface area contributed by atoms with Crippen LogP contribution in [0.25, 0.3) is 0 Å². The molecule has 1 aromatic rings. The Balaban J connectivity index is 1.93. The highest BCUT2D eigenvalue weighted by Crippen LogP contribution is 2.13. The zero-order valence-corrected chi connectivity index (χ0v) is 13.0. The van der Waals surface area contributed by atoms with Gasteiger partial charge in [-0.2, -0.15) is 0 Å². The van der Waals surface area contributed by atoms with Gasteiger partial charge < -0.3 is 10.0 Å². The van der Waals surface area contributed by atoms with Crippen LogP contribution in [0.5, 0.6) is 0 Å². The maximum Gasteiger partial charge on any atom is 0.0540 e. The maximum absolute atomic E-state index is 8.83. The number of piperazine rings is 1. The number of benzene rings is 1. The smallest absolute Gasteiger partial charge is 0.0540 e. The van der Waals surface area contributed by atoms with E-state index < -0.39 is 0 Å². The molecule has 0 amide bonds. The van der Waals surface area contributed by atoms with Crippen LogP contribution in [0.3, 0.4) is 0 Å². The summed E-state index contributed by atoms with van der Waals surface area (Å²) in [6.07, 6.45) is 1.79. The molecule has 0 unspecified atom stereocenters. The minimum atomic E-state index is 0.133. The zero-order valence-electron chi connectivity index (χ0n) is 13.0. The fraction of sp³-hybridized carbons (Fsp3) is 0.556. The first kappa shape index (κ1) is 16.0. The molecule has 0 atom stereocenters. The molecular weight excluding hydrogens is 260 g/mol. The van der Waals surface area contributed by atoms with Gasteiger partial charge in [0.1, 0.15) is 0 Å². The Morgan fingerprint density at radius 3 is 2.52 bits per heavy atom. The van der Waals surface area contributed by atoms with E-state index in [9.17, 15) is 0 Å². The van der Waals surface area contributed by atoms with Gasteiger partial charge in [0.05, 0.1) is 6.61 Å². The number of hydrogen-bond donors (Lipinski definition) is 1. The molecule has 1 aliphatic heterocycles. The van der Waals surface area contributed by atoms with Crippen LogP contribution in [0.4, 0.5) is 0 Å². The molecule has 3 nitrogen and oxygen atoms in total. The lowest BCUT2D eigenvalue weighted by Crippen LogP contribution is -2.46. The van der Waals surface area contributed by atoms with Crippen LogP contribution in [0.1, 0.15) is 30.9 Å². The minimum absolute atomic E-state index is 0.133. The summed E-state index contributed by atoms with van der Waals surface area (Å²) >= 11 is 0. The van der Waals surface area contributed by atoms with Crippen LogP contribution in [-0.4, -0.2) is 54.2 Å². The summed E-state index contributed by atoms with van der Waals surface area (Å²) in [6.45, 7) is 9.19. The first-order chi connectivity index (χ1) is 10.3. The Kier molecular flexibility index (Phi) is 6.75. The van der Waals surface area contributed by atoms with Gasteiger partial charge in [-0.15, -0.1) is 0 Å². The van der Waals surface area contributed by atoms with Crippen LogP contribution >= 0.6 is 0 Å². The summed E-state index contributed by atoms with van der Waals surface area (Å²) in [5.74, 6) is 6.21. The van der Waals surface area contributed by atoms with Gasteiger partial charge >= 0.3 is 0 Å². The van der Waals surface area contributed by atoms with Crippen LogP contribution in [0.2, 0.25) is 0 Å². The fourth-order valence-electron chi connectivity index (χ4n) is 2.72. The molecule has 0 aromatic heterocycles. The number of hydrogen-bond acceptors (Lipinski definition) is 3. The summed E-state index contributed by atoms with van der Waals surface area (Å²) in [5.41, 5.74) is 2.40. The first-order valence-corrected chi connectivity index (χ1v) is 7.96. The first-order valence-electron chi connectivity index (χ1n) is 7.96. The Morgan fingerprint density at radius 2 is 1.81 bits per heavy atom. The maximum atomic E-state index is 8.83. The molecule has 1 aromatic carbocycles. The standard InChI is InChI=1S/C18H26N2O/c1-2-10-19-11-13-20(14-12-19)16-18-9-4-3-7-17(18)8-5-6-15-21/h3-4,7,9,21H,2,6,10-16H2,1H3. The second-order valence-electron chi connectivity index (χ2n) is 5.55. The molecule has 3 heteroatoms. The third kappa shape index (κ3) is 5.17. The predicted octanol–water partition coefficient (Wildman–Crippen LogP) is 1.95. The molecule has 1 fully saturated rings. The van der Waals surface area contributed by atoms with E-state index in [0.717, 1.165) is 25.2 Å². The van der Waals surface area contributed by atoms with Gasteiger partial charge in [0.15, 0.2) is 0 Å². The Labute approximate surface area is 128 Å². The van der Waals surface area contributed by atoms with Crippen LogP contribution < -0.4 is 0 Å².